The Balaban J connectivity index is 2.13. The predicted molar refractivity (Wildman–Crippen MR) is 66.4 cm³/mol. The lowest BCUT2D eigenvalue weighted by atomic mass is 9.91. The van der Waals surface area contributed by atoms with Gasteiger partial charge in [0.1, 0.15) is 0 Å². The molecular weight excluding hydrogens is 232 g/mol. The van der Waals surface area contributed by atoms with Crippen molar-refractivity contribution in [2.45, 2.75) is 51.6 Å². The predicted octanol–water partition coefficient (Wildman–Crippen LogP) is 2.08. The quantitative estimate of drug-likeness (QED) is 0.891. The second kappa shape index (κ2) is 5.80. The molecular formula is C13H22N2O3. The number of rotatable bonds is 4. The Hall–Kier alpha value is -0.940. The molecule has 0 radical (unpaired) electrons. The van der Waals surface area contributed by atoms with Crippen LogP contribution in [0.25, 0.3) is 0 Å². The summed E-state index contributed by atoms with van der Waals surface area (Å²) in [5.74, 6) is 1.66. The van der Waals surface area contributed by atoms with Crippen molar-refractivity contribution in [1.82, 2.24) is 10.1 Å². The third kappa shape index (κ3) is 2.90. The van der Waals surface area contributed by atoms with Crippen molar-refractivity contribution < 1.29 is 14.4 Å². The summed E-state index contributed by atoms with van der Waals surface area (Å²) in [5.41, 5.74) is 0. The van der Waals surface area contributed by atoms with Crippen LogP contribution in [0.2, 0.25) is 0 Å². The van der Waals surface area contributed by atoms with E-state index in [1.807, 2.05) is 13.8 Å². The molecule has 1 aromatic heterocycles. The Morgan fingerprint density at radius 1 is 1.33 bits per heavy atom. The molecule has 0 aromatic carbocycles. The van der Waals surface area contributed by atoms with Gasteiger partial charge in [-0.15, -0.1) is 0 Å². The first-order valence-electron chi connectivity index (χ1n) is 6.69. The van der Waals surface area contributed by atoms with E-state index in [-0.39, 0.29) is 17.8 Å². The minimum atomic E-state index is -0.485. The SMILES string of the molecule is CC(C)C(c1nc(C2CCCOC2)no1)C(C)O. The summed E-state index contributed by atoms with van der Waals surface area (Å²) in [5, 5.41) is 13.9. The molecule has 1 saturated heterocycles. The van der Waals surface area contributed by atoms with Crippen molar-refractivity contribution in [3.63, 3.8) is 0 Å². The first-order chi connectivity index (χ1) is 8.59. The van der Waals surface area contributed by atoms with Crippen LogP contribution in [0.1, 0.15) is 57.2 Å². The number of aliphatic hydroxyl groups is 1. The van der Waals surface area contributed by atoms with Crippen molar-refractivity contribution in [1.29, 1.82) is 0 Å². The van der Waals surface area contributed by atoms with E-state index in [2.05, 4.69) is 10.1 Å². The average molecular weight is 254 g/mol. The highest BCUT2D eigenvalue weighted by Gasteiger charge is 2.29. The Morgan fingerprint density at radius 3 is 2.67 bits per heavy atom. The van der Waals surface area contributed by atoms with Crippen molar-refractivity contribution >= 4 is 0 Å². The van der Waals surface area contributed by atoms with Gasteiger partial charge in [-0.3, -0.25) is 0 Å². The van der Waals surface area contributed by atoms with Crippen LogP contribution in [-0.2, 0) is 4.74 Å². The second-order valence-corrected chi connectivity index (χ2v) is 5.42. The maximum absolute atomic E-state index is 9.80. The van der Waals surface area contributed by atoms with Gasteiger partial charge < -0.3 is 14.4 Å². The van der Waals surface area contributed by atoms with Crippen LogP contribution >= 0.6 is 0 Å². The molecule has 2 rings (SSSR count). The van der Waals surface area contributed by atoms with Crippen molar-refractivity contribution in [2.75, 3.05) is 13.2 Å². The molecule has 5 heteroatoms. The topological polar surface area (TPSA) is 68.4 Å². The maximum atomic E-state index is 9.80. The molecule has 0 bridgehead atoms. The fraction of sp³-hybridized carbons (Fsp3) is 0.846. The number of hydrogen-bond donors (Lipinski definition) is 1. The van der Waals surface area contributed by atoms with E-state index < -0.39 is 6.10 Å². The molecule has 5 nitrogen and oxygen atoms in total. The molecule has 0 spiro atoms. The minimum Gasteiger partial charge on any atom is -0.393 e. The average Bonchev–Trinajstić information content (AvgIpc) is 2.78. The van der Waals surface area contributed by atoms with E-state index in [0.717, 1.165) is 25.3 Å². The van der Waals surface area contributed by atoms with Gasteiger partial charge in [0.25, 0.3) is 0 Å². The Kier molecular flexibility index (Phi) is 4.35. The van der Waals surface area contributed by atoms with E-state index in [1.54, 1.807) is 6.92 Å². The smallest absolute Gasteiger partial charge is 0.232 e. The summed E-state index contributed by atoms with van der Waals surface area (Å²) < 4.78 is 10.8. The van der Waals surface area contributed by atoms with Crippen LogP contribution in [0, 0.1) is 5.92 Å². The summed E-state index contributed by atoms with van der Waals surface area (Å²) in [4.78, 5) is 4.46. The normalized spacial score (nSPS) is 24.2. The maximum Gasteiger partial charge on any atom is 0.232 e. The van der Waals surface area contributed by atoms with Crippen molar-refractivity contribution in [3.05, 3.63) is 11.7 Å². The van der Waals surface area contributed by atoms with E-state index in [0.29, 0.717) is 12.5 Å². The van der Waals surface area contributed by atoms with Crippen LogP contribution in [0.3, 0.4) is 0 Å². The molecule has 3 unspecified atom stereocenters. The number of hydrogen-bond acceptors (Lipinski definition) is 5. The lowest BCUT2D eigenvalue weighted by Crippen LogP contribution is -2.21. The molecule has 0 aliphatic carbocycles. The van der Waals surface area contributed by atoms with Crippen LogP contribution in [0.4, 0.5) is 0 Å². The molecule has 1 aliphatic rings. The summed E-state index contributed by atoms with van der Waals surface area (Å²) in [6.45, 7) is 7.34. The summed E-state index contributed by atoms with van der Waals surface area (Å²) >= 11 is 0. The van der Waals surface area contributed by atoms with Crippen LogP contribution < -0.4 is 0 Å². The number of nitrogens with zero attached hydrogens (tertiary/aromatic N) is 2. The van der Waals surface area contributed by atoms with Gasteiger partial charge in [-0.1, -0.05) is 19.0 Å². The molecule has 3 atom stereocenters. The van der Waals surface area contributed by atoms with Gasteiger partial charge in [0, 0.05) is 12.5 Å². The zero-order valence-corrected chi connectivity index (χ0v) is 11.3. The zero-order valence-electron chi connectivity index (χ0n) is 11.3. The van der Waals surface area contributed by atoms with Gasteiger partial charge >= 0.3 is 0 Å². The van der Waals surface area contributed by atoms with Gasteiger partial charge in [0.15, 0.2) is 5.82 Å². The molecule has 1 aromatic rings. The van der Waals surface area contributed by atoms with E-state index in [4.69, 9.17) is 9.26 Å². The third-order valence-electron chi connectivity index (χ3n) is 3.51. The second-order valence-electron chi connectivity index (χ2n) is 5.42. The highest BCUT2D eigenvalue weighted by atomic mass is 16.5. The van der Waals surface area contributed by atoms with Gasteiger partial charge in [0.05, 0.1) is 18.6 Å². The highest BCUT2D eigenvalue weighted by molar-refractivity contribution is 5.02. The van der Waals surface area contributed by atoms with E-state index >= 15 is 0 Å². The van der Waals surface area contributed by atoms with E-state index in [9.17, 15) is 5.11 Å². The lowest BCUT2D eigenvalue weighted by molar-refractivity contribution is 0.0773. The molecule has 1 N–H and O–H groups in total. The van der Waals surface area contributed by atoms with Gasteiger partial charge in [-0.2, -0.15) is 4.98 Å². The van der Waals surface area contributed by atoms with Gasteiger partial charge in [-0.25, -0.2) is 0 Å². The molecule has 1 aliphatic heterocycles. The number of aromatic nitrogens is 2. The Bertz CT molecular complexity index is 362. The monoisotopic (exact) mass is 254 g/mol. The fourth-order valence-electron chi connectivity index (χ4n) is 2.54. The zero-order chi connectivity index (χ0) is 13.1. The Morgan fingerprint density at radius 2 is 2.11 bits per heavy atom. The lowest BCUT2D eigenvalue weighted by Gasteiger charge is -2.20. The largest absolute Gasteiger partial charge is 0.393 e. The third-order valence-corrected chi connectivity index (χ3v) is 3.51. The summed E-state index contributed by atoms with van der Waals surface area (Å²) in [7, 11) is 0. The van der Waals surface area contributed by atoms with Crippen molar-refractivity contribution in [2.24, 2.45) is 5.92 Å². The molecule has 0 amide bonds. The molecule has 102 valence electrons. The van der Waals surface area contributed by atoms with Crippen LogP contribution in [0.5, 0.6) is 0 Å². The number of aliphatic hydroxyl groups excluding tert-OH is 1. The van der Waals surface area contributed by atoms with Crippen molar-refractivity contribution in [3.8, 4) is 0 Å². The van der Waals surface area contributed by atoms with E-state index in [1.165, 1.54) is 0 Å². The Labute approximate surface area is 108 Å². The van der Waals surface area contributed by atoms with Crippen LogP contribution in [0.15, 0.2) is 4.52 Å². The first kappa shape index (κ1) is 13.5. The fourth-order valence-corrected chi connectivity index (χ4v) is 2.54. The van der Waals surface area contributed by atoms with Gasteiger partial charge in [-0.05, 0) is 25.7 Å². The molecule has 1 fully saturated rings. The first-order valence-corrected chi connectivity index (χ1v) is 6.69. The molecule has 2 heterocycles. The van der Waals surface area contributed by atoms with Crippen LogP contribution in [-0.4, -0.2) is 34.6 Å². The minimum absolute atomic E-state index is 0.101. The summed E-state index contributed by atoms with van der Waals surface area (Å²) in [6, 6.07) is 0. The highest BCUT2D eigenvalue weighted by Crippen LogP contribution is 2.29. The van der Waals surface area contributed by atoms with Gasteiger partial charge in [0.2, 0.25) is 5.89 Å². The molecule has 18 heavy (non-hydrogen) atoms. The summed E-state index contributed by atoms with van der Waals surface area (Å²) in [6.07, 6.45) is 1.60. The standard InChI is InChI=1S/C13H22N2O3/c1-8(2)11(9(3)16)13-14-12(15-18-13)10-5-4-6-17-7-10/h8-11,16H,4-7H2,1-3H3. The number of ether oxygens (including phenoxy) is 1. The molecule has 0 saturated carbocycles.